The van der Waals surface area contributed by atoms with Gasteiger partial charge >= 0.3 is 5.97 Å². The predicted molar refractivity (Wildman–Crippen MR) is 64.3 cm³/mol. The summed E-state index contributed by atoms with van der Waals surface area (Å²) in [5.74, 6) is -1.15. The highest BCUT2D eigenvalue weighted by molar-refractivity contribution is 5.70. The molecule has 88 valence electrons. The van der Waals surface area contributed by atoms with Crippen molar-refractivity contribution in [2.75, 3.05) is 0 Å². The largest absolute Gasteiger partial charge is 0.481 e. The first kappa shape index (κ1) is 12.7. The Hall–Kier alpha value is -1.35. The molecule has 0 saturated heterocycles. The molecule has 3 nitrogen and oxygen atoms in total. The third-order valence-electron chi connectivity index (χ3n) is 2.95. The molecule has 0 aromatic heterocycles. The SMILES string of the molecule is CC(N[C@@H](C)c1ccccc1)C(C)C(=O)O. The van der Waals surface area contributed by atoms with Crippen LogP contribution in [0.15, 0.2) is 30.3 Å². The third kappa shape index (κ3) is 3.35. The van der Waals surface area contributed by atoms with Crippen LogP contribution in [0.2, 0.25) is 0 Å². The molecule has 1 aromatic rings. The Labute approximate surface area is 96.5 Å². The van der Waals surface area contributed by atoms with Crippen molar-refractivity contribution >= 4 is 5.97 Å². The molecule has 1 aromatic carbocycles. The van der Waals surface area contributed by atoms with Crippen molar-refractivity contribution in [1.29, 1.82) is 0 Å². The summed E-state index contributed by atoms with van der Waals surface area (Å²) in [5, 5.41) is 12.2. The normalized spacial score (nSPS) is 16.4. The number of nitrogens with one attached hydrogen (secondary N) is 1. The van der Waals surface area contributed by atoms with E-state index in [1.165, 1.54) is 5.56 Å². The van der Waals surface area contributed by atoms with Crippen LogP contribution in [0.25, 0.3) is 0 Å². The predicted octanol–water partition coefficient (Wildman–Crippen LogP) is 2.45. The molecule has 3 atom stereocenters. The van der Waals surface area contributed by atoms with Crippen molar-refractivity contribution < 1.29 is 9.90 Å². The van der Waals surface area contributed by atoms with E-state index in [0.717, 1.165) is 0 Å². The van der Waals surface area contributed by atoms with Crippen LogP contribution in [-0.4, -0.2) is 17.1 Å². The number of rotatable bonds is 5. The van der Waals surface area contributed by atoms with Crippen LogP contribution >= 0.6 is 0 Å². The molecular weight excluding hydrogens is 202 g/mol. The molecule has 0 fully saturated rings. The van der Waals surface area contributed by atoms with Crippen LogP contribution in [0.4, 0.5) is 0 Å². The summed E-state index contributed by atoms with van der Waals surface area (Å²) in [5.41, 5.74) is 1.17. The van der Waals surface area contributed by atoms with Gasteiger partial charge in [-0.3, -0.25) is 4.79 Å². The molecule has 2 unspecified atom stereocenters. The number of carboxylic acids is 1. The molecule has 2 N–H and O–H groups in total. The second-order valence-electron chi connectivity index (χ2n) is 4.21. The Morgan fingerprint density at radius 2 is 1.75 bits per heavy atom. The van der Waals surface area contributed by atoms with E-state index in [1.807, 2.05) is 44.2 Å². The van der Waals surface area contributed by atoms with Gasteiger partial charge in [0.2, 0.25) is 0 Å². The highest BCUT2D eigenvalue weighted by Gasteiger charge is 2.20. The molecule has 0 aliphatic rings. The van der Waals surface area contributed by atoms with Gasteiger partial charge in [0.1, 0.15) is 0 Å². The fraction of sp³-hybridized carbons (Fsp3) is 0.462. The van der Waals surface area contributed by atoms with E-state index in [9.17, 15) is 4.79 Å². The number of hydrogen-bond acceptors (Lipinski definition) is 2. The van der Waals surface area contributed by atoms with E-state index in [1.54, 1.807) is 6.92 Å². The summed E-state index contributed by atoms with van der Waals surface area (Å²) in [6.45, 7) is 5.66. The maximum Gasteiger partial charge on any atom is 0.307 e. The van der Waals surface area contributed by atoms with Crippen LogP contribution < -0.4 is 5.32 Å². The van der Waals surface area contributed by atoms with Gasteiger partial charge in [-0.2, -0.15) is 0 Å². The standard InChI is InChI=1S/C13H19NO2/c1-9(13(15)16)10(2)14-11(3)12-7-5-4-6-8-12/h4-11,14H,1-3H3,(H,15,16)/t9?,10?,11-/m0/s1. The molecular formula is C13H19NO2. The molecule has 0 radical (unpaired) electrons. The van der Waals surface area contributed by atoms with Crippen molar-refractivity contribution in [3.63, 3.8) is 0 Å². The van der Waals surface area contributed by atoms with Gasteiger partial charge in [0, 0.05) is 12.1 Å². The van der Waals surface area contributed by atoms with E-state index >= 15 is 0 Å². The number of benzene rings is 1. The lowest BCUT2D eigenvalue weighted by molar-refractivity contribution is -0.142. The zero-order valence-electron chi connectivity index (χ0n) is 9.97. The topological polar surface area (TPSA) is 49.3 Å². The summed E-state index contributed by atoms with van der Waals surface area (Å²) >= 11 is 0. The summed E-state index contributed by atoms with van der Waals surface area (Å²) in [6, 6.07) is 10.1. The first-order valence-electron chi connectivity index (χ1n) is 5.56. The van der Waals surface area contributed by atoms with E-state index in [-0.39, 0.29) is 18.0 Å². The van der Waals surface area contributed by atoms with Gasteiger partial charge in [-0.15, -0.1) is 0 Å². The molecule has 0 spiro atoms. The van der Waals surface area contributed by atoms with Crippen LogP contribution in [0.1, 0.15) is 32.4 Å². The molecule has 0 bridgehead atoms. The maximum absolute atomic E-state index is 10.8. The number of carboxylic acid groups (broad SMARTS) is 1. The van der Waals surface area contributed by atoms with E-state index < -0.39 is 5.97 Å². The van der Waals surface area contributed by atoms with Gasteiger partial charge in [0.15, 0.2) is 0 Å². The molecule has 0 aliphatic heterocycles. The van der Waals surface area contributed by atoms with Crippen molar-refractivity contribution in [1.82, 2.24) is 5.32 Å². The zero-order chi connectivity index (χ0) is 12.1. The van der Waals surface area contributed by atoms with Crippen LogP contribution in [0.3, 0.4) is 0 Å². The Morgan fingerprint density at radius 1 is 1.19 bits per heavy atom. The highest BCUT2D eigenvalue weighted by Crippen LogP contribution is 2.14. The van der Waals surface area contributed by atoms with Crippen LogP contribution in [0.5, 0.6) is 0 Å². The van der Waals surface area contributed by atoms with Gasteiger partial charge in [0.25, 0.3) is 0 Å². The van der Waals surface area contributed by atoms with Gasteiger partial charge < -0.3 is 10.4 Å². The second-order valence-corrected chi connectivity index (χ2v) is 4.21. The molecule has 0 heterocycles. The Balaban J connectivity index is 2.58. The lowest BCUT2D eigenvalue weighted by atomic mass is 10.0. The Morgan fingerprint density at radius 3 is 2.25 bits per heavy atom. The molecule has 0 saturated carbocycles. The van der Waals surface area contributed by atoms with Crippen LogP contribution in [0, 0.1) is 5.92 Å². The second kappa shape index (κ2) is 5.66. The smallest absolute Gasteiger partial charge is 0.307 e. The lowest BCUT2D eigenvalue weighted by Crippen LogP contribution is -2.37. The molecule has 0 amide bonds. The highest BCUT2D eigenvalue weighted by atomic mass is 16.4. The lowest BCUT2D eigenvalue weighted by Gasteiger charge is -2.23. The van der Waals surface area contributed by atoms with Gasteiger partial charge in [-0.25, -0.2) is 0 Å². The van der Waals surface area contributed by atoms with Crippen molar-refractivity contribution in [2.45, 2.75) is 32.9 Å². The average Bonchev–Trinajstić information content (AvgIpc) is 2.28. The third-order valence-corrected chi connectivity index (χ3v) is 2.95. The fourth-order valence-corrected chi connectivity index (χ4v) is 1.59. The van der Waals surface area contributed by atoms with E-state index in [0.29, 0.717) is 0 Å². The summed E-state index contributed by atoms with van der Waals surface area (Å²) in [7, 11) is 0. The maximum atomic E-state index is 10.8. The Kier molecular flexibility index (Phi) is 4.50. The van der Waals surface area contributed by atoms with Crippen molar-refractivity contribution in [3.05, 3.63) is 35.9 Å². The minimum absolute atomic E-state index is 0.0484. The van der Waals surface area contributed by atoms with Crippen molar-refractivity contribution in [2.24, 2.45) is 5.92 Å². The van der Waals surface area contributed by atoms with Gasteiger partial charge in [-0.05, 0) is 19.4 Å². The van der Waals surface area contributed by atoms with Crippen molar-refractivity contribution in [3.8, 4) is 0 Å². The number of aliphatic carboxylic acids is 1. The first-order chi connectivity index (χ1) is 7.52. The summed E-state index contributed by atoms with van der Waals surface area (Å²) in [4.78, 5) is 10.8. The van der Waals surface area contributed by atoms with E-state index in [4.69, 9.17) is 5.11 Å². The monoisotopic (exact) mass is 221 g/mol. The molecule has 3 heteroatoms. The zero-order valence-corrected chi connectivity index (χ0v) is 9.97. The average molecular weight is 221 g/mol. The van der Waals surface area contributed by atoms with Gasteiger partial charge in [-0.1, -0.05) is 37.3 Å². The fourth-order valence-electron chi connectivity index (χ4n) is 1.59. The summed E-state index contributed by atoms with van der Waals surface area (Å²) in [6.07, 6.45) is 0. The number of carbonyl (C=O) groups is 1. The molecule has 1 rings (SSSR count). The number of hydrogen-bond donors (Lipinski definition) is 2. The molecule has 16 heavy (non-hydrogen) atoms. The summed E-state index contributed by atoms with van der Waals surface area (Å²) < 4.78 is 0. The molecule has 0 aliphatic carbocycles. The van der Waals surface area contributed by atoms with Gasteiger partial charge in [0.05, 0.1) is 5.92 Å². The Bertz CT molecular complexity index is 337. The van der Waals surface area contributed by atoms with Crippen LogP contribution in [-0.2, 0) is 4.79 Å². The van der Waals surface area contributed by atoms with E-state index in [2.05, 4.69) is 5.32 Å². The quantitative estimate of drug-likeness (QED) is 0.803. The minimum Gasteiger partial charge on any atom is -0.481 e. The first-order valence-corrected chi connectivity index (χ1v) is 5.56. The minimum atomic E-state index is -0.764.